The molecule has 178 valence electrons. The summed E-state index contributed by atoms with van der Waals surface area (Å²) in [4.78, 5) is 25.3. The minimum atomic E-state index is -0.514. The zero-order valence-electron chi connectivity index (χ0n) is 19.6. The van der Waals surface area contributed by atoms with Crippen LogP contribution in [-0.2, 0) is 16.1 Å². The van der Waals surface area contributed by atoms with Crippen molar-refractivity contribution in [1.82, 2.24) is 15.4 Å². The molecular formula is C27H31N3O4. The van der Waals surface area contributed by atoms with E-state index < -0.39 is 11.8 Å². The highest BCUT2D eigenvalue weighted by Crippen LogP contribution is 2.44. The van der Waals surface area contributed by atoms with E-state index in [4.69, 9.17) is 4.74 Å². The summed E-state index contributed by atoms with van der Waals surface area (Å²) in [5.74, 6) is -1.21. The van der Waals surface area contributed by atoms with Crippen LogP contribution in [-0.4, -0.2) is 39.8 Å². The molecule has 1 saturated carbocycles. The van der Waals surface area contributed by atoms with E-state index in [1.165, 1.54) is 22.2 Å². The SMILES string of the molecule is Cc1c(C)n(Cc2ccc(C(=O)N[C@@H]3CC4(CCCO4)CC3C(=O)NO)cc2)c2ccccc12. The van der Waals surface area contributed by atoms with Crippen molar-refractivity contribution in [1.29, 1.82) is 0 Å². The molecule has 2 unspecified atom stereocenters. The number of hydroxylamine groups is 1. The fraction of sp³-hybridized carbons (Fsp3) is 0.407. The Morgan fingerprint density at radius 1 is 1.12 bits per heavy atom. The first kappa shape index (κ1) is 22.6. The first-order chi connectivity index (χ1) is 16.4. The standard InChI is InChI=1S/C27H31N3O4/c1-17-18(2)30(24-7-4-3-6-21(17)24)16-19-8-10-20(11-9-19)25(31)28-23-15-27(12-5-13-34-27)14-22(23)26(32)29-33/h3-4,6-11,22-23,33H,5,12-16H2,1-2H3,(H,28,31)(H,29,32)/t22?,23-,27?/m1/s1. The van der Waals surface area contributed by atoms with Crippen LogP contribution in [0, 0.1) is 19.8 Å². The number of nitrogens with one attached hydrogen (secondary N) is 2. The Balaban J connectivity index is 1.30. The highest BCUT2D eigenvalue weighted by Gasteiger charge is 2.51. The normalized spacial score (nSPS) is 24.1. The zero-order chi connectivity index (χ0) is 23.9. The van der Waals surface area contributed by atoms with Gasteiger partial charge in [0, 0.05) is 41.4 Å². The molecule has 2 heterocycles. The average Bonchev–Trinajstić information content (AvgIpc) is 3.53. The molecule has 1 aliphatic carbocycles. The lowest BCUT2D eigenvalue weighted by molar-refractivity contribution is -0.134. The second-order valence-corrected chi connectivity index (χ2v) is 9.72. The molecule has 7 heteroatoms. The van der Waals surface area contributed by atoms with Crippen LogP contribution in [0.2, 0.25) is 0 Å². The molecule has 2 amide bonds. The zero-order valence-corrected chi connectivity index (χ0v) is 19.6. The van der Waals surface area contributed by atoms with E-state index in [-0.39, 0.29) is 17.6 Å². The Bertz CT molecular complexity index is 1220. The molecule has 1 aromatic heterocycles. The third-order valence-electron chi connectivity index (χ3n) is 7.72. The van der Waals surface area contributed by atoms with Crippen molar-refractivity contribution in [2.45, 2.75) is 57.7 Å². The molecule has 2 fully saturated rings. The van der Waals surface area contributed by atoms with Gasteiger partial charge < -0.3 is 14.6 Å². The summed E-state index contributed by atoms with van der Waals surface area (Å²) in [5.41, 5.74) is 6.76. The first-order valence-electron chi connectivity index (χ1n) is 11.9. The highest BCUT2D eigenvalue weighted by molar-refractivity contribution is 5.95. The van der Waals surface area contributed by atoms with Gasteiger partial charge in [-0.15, -0.1) is 0 Å². The number of amides is 2. The molecule has 2 aliphatic rings. The van der Waals surface area contributed by atoms with Crippen LogP contribution < -0.4 is 10.8 Å². The molecule has 1 aliphatic heterocycles. The Morgan fingerprint density at radius 3 is 2.59 bits per heavy atom. The number of carbonyl (C=O) groups is 2. The van der Waals surface area contributed by atoms with Crippen LogP contribution in [0.3, 0.4) is 0 Å². The molecule has 7 nitrogen and oxygen atoms in total. The predicted octanol–water partition coefficient (Wildman–Crippen LogP) is 3.87. The van der Waals surface area contributed by atoms with Crippen molar-refractivity contribution in [2.75, 3.05) is 6.61 Å². The lowest BCUT2D eigenvalue weighted by Crippen LogP contribution is -2.43. The number of para-hydroxylation sites is 1. The number of aromatic nitrogens is 1. The topological polar surface area (TPSA) is 92.6 Å². The molecule has 3 atom stereocenters. The molecule has 0 bridgehead atoms. The number of nitrogens with zero attached hydrogens (tertiary/aromatic N) is 1. The van der Waals surface area contributed by atoms with Gasteiger partial charge in [0.15, 0.2) is 0 Å². The van der Waals surface area contributed by atoms with Crippen LogP contribution >= 0.6 is 0 Å². The van der Waals surface area contributed by atoms with Crippen molar-refractivity contribution in [3.63, 3.8) is 0 Å². The molecule has 5 rings (SSSR count). The van der Waals surface area contributed by atoms with Crippen molar-refractivity contribution in [2.24, 2.45) is 5.92 Å². The Labute approximate surface area is 199 Å². The number of carbonyl (C=O) groups excluding carboxylic acids is 2. The van der Waals surface area contributed by atoms with E-state index in [0.29, 0.717) is 25.0 Å². The average molecular weight is 462 g/mol. The monoisotopic (exact) mass is 461 g/mol. The second kappa shape index (κ2) is 8.89. The van der Waals surface area contributed by atoms with E-state index in [9.17, 15) is 14.8 Å². The smallest absolute Gasteiger partial charge is 0.251 e. The van der Waals surface area contributed by atoms with E-state index in [1.54, 1.807) is 5.48 Å². The number of hydrogen-bond donors (Lipinski definition) is 3. The predicted molar refractivity (Wildman–Crippen MR) is 129 cm³/mol. The number of hydrogen-bond acceptors (Lipinski definition) is 4. The molecule has 1 saturated heterocycles. The Kier molecular flexibility index (Phi) is 5.91. The van der Waals surface area contributed by atoms with Crippen molar-refractivity contribution < 1.29 is 19.5 Å². The lowest BCUT2D eigenvalue weighted by Gasteiger charge is -2.22. The fourth-order valence-corrected chi connectivity index (χ4v) is 5.76. The van der Waals surface area contributed by atoms with Gasteiger partial charge in [-0.3, -0.25) is 14.8 Å². The molecule has 34 heavy (non-hydrogen) atoms. The van der Waals surface area contributed by atoms with E-state index >= 15 is 0 Å². The van der Waals surface area contributed by atoms with Gasteiger partial charge in [-0.2, -0.15) is 0 Å². The van der Waals surface area contributed by atoms with Crippen LogP contribution in [0.25, 0.3) is 10.9 Å². The summed E-state index contributed by atoms with van der Waals surface area (Å²) in [6.45, 7) is 5.68. The maximum Gasteiger partial charge on any atom is 0.251 e. The van der Waals surface area contributed by atoms with Gasteiger partial charge in [0.25, 0.3) is 5.91 Å². The third kappa shape index (κ3) is 3.99. The van der Waals surface area contributed by atoms with Gasteiger partial charge in [0.2, 0.25) is 5.91 Å². The Hall–Kier alpha value is -3.16. The van der Waals surface area contributed by atoms with Crippen LogP contribution in [0.5, 0.6) is 0 Å². The molecule has 3 N–H and O–H groups in total. The van der Waals surface area contributed by atoms with Gasteiger partial charge in [-0.25, -0.2) is 5.48 Å². The van der Waals surface area contributed by atoms with Crippen LogP contribution in [0.15, 0.2) is 48.5 Å². The maximum atomic E-state index is 13.0. The number of ether oxygens (including phenoxy) is 1. The van der Waals surface area contributed by atoms with Gasteiger partial charge >= 0.3 is 0 Å². The minimum Gasteiger partial charge on any atom is -0.375 e. The minimum absolute atomic E-state index is 0.222. The lowest BCUT2D eigenvalue weighted by atomic mass is 9.96. The van der Waals surface area contributed by atoms with Gasteiger partial charge in [0.1, 0.15) is 0 Å². The Morgan fingerprint density at radius 2 is 1.88 bits per heavy atom. The van der Waals surface area contributed by atoms with Gasteiger partial charge in [-0.05, 0) is 68.9 Å². The fourth-order valence-electron chi connectivity index (χ4n) is 5.76. The van der Waals surface area contributed by atoms with Gasteiger partial charge in [0.05, 0.1) is 11.5 Å². The molecule has 1 spiro atoms. The molecule has 3 aromatic rings. The summed E-state index contributed by atoms with van der Waals surface area (Å²) in [7, 11) is 0. The first-order valence-corrected chi connectivity index (χ1v) is 11.9. The second-order valence-electron chi connectivity index (χ2n) is 9.72. The van der Waals surface area contributed by atoms with Crippen LogP contribution in [0.1, 0.15) is 52.9 Å². The van der Waals surface area contributed by atoms with Crippen molar-refractivity contribution >= 4 is 22.7 Å². The quantitative estimate of drug-likeness (QED) is 0.397. The molecule has 0 radical (unpaired) electrons. The maximum absolute atomic E-state index is 13.0. The largest absolute Gasteiger partial charge is 0.375 e. The summed E-state index contributed by atoms with van der Waals surface area (Å²) >= 11 is 0. The third-order valence-corrected chi connectivity index (χ3v) is 7.72. The summed E-state index contributed by atoms with van der Waals surface area (Å²) < 4.78 is 8.25. The summed E-state index contributed by atoms with van der Waals surface area (Å²) in [6.07, 6.45) is 2.91. The van der Waals surface area contributed by atoms with E-state index in [1.807, 2.05) is 24.3 Å². The number of rotatable bonds is 5. The van der Waals surface area contributed by atoms with Crippen molar-refractivity contribution in [3.8, 4) is 0 Å². The molecular weight excluding hydrogens is 430 g/mol. The number of fused-ring (bicyclic) bond motifs is 1. The summed E-state index contributed by atoms with van der Waals surface area (Å²) in [5, 5.41) is 13.5. The number of aryl methyl sites for hydroxylation is 1. The number of benzene rings is 2. The van der Waals surface area contributed by atoms with Crippen LogP contribution in [0.4, 0.5) is 0 Å². The van der Waals surface area contributed by atoms with E-state index in [0.717, 1.165) is 24.9 Å². The highest BCUT2D eigenvalue weighted by atomic mass is 16.5. The van der Waals surface area contributed by atoms with E-state index in [2.05, 4.69) is 48.0 Å². The van der Waals surface area contributed by atoms with Gasteiger partial charge in [-0.1, -0.05) is 30.3 Å². The molecule has 2 aromatic carbocycles. The summed E-state index contributed by atoms with van der Waals surface area (Å²) in [6, 6.07) is 15.6. The van der Waals surface area contributed by atoms with Crippen molar-refractivity contribution in [3.05, 3.63) is 70.9 Å².